The van der Waals surface area contributed by atoms with Gasteiger partial charge < -0.3 is 24.5 Å². The number of amides is 1. The molecule has 7 nitrogen and oxygen atoms in total. The van der Waals surface area contributed by atoms with Crippen molar-refractivity contribution >= 4 is 23.0 Å². The highest BCUT2D eigenvalue weighted by Gasteiger charge is 2.31. The topological polar surface area (TPSA) is 85.6 Å². The van der Waals surface area contributed by atoms with Crippen molar-refractivity contribution in [1.29, 1.82) is 0 Å². The van der Waals surface area contributed by atoms with Crippen LogP contribution in [0.4, 0.5) is 6.01 Å². The predicted octanol–water partition coefficient (Wildman–Crippen LogP) is 4.39. The highest BCUT2D eigenvalue weighted by Crippen LogP contribution is 2.30. The zero-order valence-corrected chi connectivity index (χ0v) is 17.3. The Morgan fingerprint density at radius 1 is 1.03 bits per heavy atom. The number of nitrogens with one attached hydrogen (secondary N) is 2. The summed E-state index contributed by atoms with van der Waals surface area (Å²) in [6.45, 7) is 4.74. The average Bonchev–Trinajstić information content (AvgIpc) is 3.35. The van der Waals surface area contributed by atoms with Crippen molar-refractivity contribution in [2.24, 2.45) is 0 Å². The molecule has 3 aromatic rings. The fraction of sp³-hybridized carbons (Fsp3) is 0.391. The minimum atomic E-state index is -0.196. The molecule has 2 N–H and O–H groups in total. The van der Waals surface area contributed by atoms with Gasteiger partial charge in [0, 0.05) is 6.04 Å². The first-order valence-corrected chi connectivity index (χ1v) is 10.5. The molecule has 1 aliphatic carbocycles. The van der Waals surface area contributed by atoms with Gasteiger partial charge in [0.2, 0.25) is 0 Å². The summed E-state index contributed by atoms with van der Waals surface area (Å²) < 4.78 is 17.2. The van der Waals surface area contributed by atoms with Gasteiger partial charge in [0.15, 0.2) is 5.58 Å². The third kappa shape index (κ3) is 4.20. The van der Waals surface area contributed by atoms with Gasteiger partial charge in [-0.15, -0.1) is 0 Å². The van der Waals surface area contributed by atoms with Crippen LogP contribution < -0.4 is 20.1 Å². The Morgan fingerprint density at radius 2 is 1.73 bits per heavy atom. The van der Waals surface area contributed by atoms with Crippen LogP contribution in [0.15, 0.2) is 46.9 Å². The smallest absolute Gasteiger partial charge is 0.295 e. The number of oxazole rings is 1. The van der Waals surface area contributed by atoms with Crippen LogP contribution in [-0.2, 0) is 0 Å². The second-order valence-corrected chi connectivity index (χ2v) is 7.24. The zero-order valence-electron chi connectivity index (χ0n) is 17.3. The maximum atomic E-state index is 13.2. The maximum absolute atomic E-state index is 13.2. The lowest BCUT2D eigenvalue weighted by molar-refractivity contribution is 0.0927. The van der Waals surface area contributed by atoms with Gasteiger partial charge in [-0.25, -0.2) is 0 Å². The van der Waals surface area contributed by atoms with Crippen LogP contribution in [-0.4, -0.2) is 36.2 Å². The number of aromatic nitrogens is 1. The lowest BCUT2D eigenvalue weighted by Crippen LogP contribution is -2.43. The van der Waals surface area contributed by atoms with Crippen LogP contribution in [0.25, 0.3) is 11.1 Å². The monoisotopic (exact) mass is 409 g/mol. The number of anilines is 1. The van der Waals surface area contributed by atoms with Gasteiger partial charge in [0.1, 0.15) is 22.6 Å². The van der Waals surface area contributed by atoms with Gasteiger partial charge in [0.25, 0.3) is 11.9 Å². The van der Waals surface area contributed by atoms with E-state index >= 15 is 0 Å². The molecule has 0 bridgehead atoms. The zero-order chi connectivity index (χ0) is 20.9. The molecule has 1 aliphatic rings. The summed E-state index contributed by atoms with van der Waals surface area (Å²) in [7, 11) is 0. The second-order valence-electron chi connectivity index (χ2n) is 7.24. The molecular formula is C23H27N3O4. The molecule has 0 unspecified atom stereocenters. The maximum Gasteiger partial charge on any atom is 0.295 e. The number of rotatable bonds is 8. The van der Waals surface area contributed by atoms with Crippen LogP contribution in [0.1, 0.15) is 43.5 Å². The Balaban J connectivity index is 1.51. The third-order valence-corrected chi connectivity index (χ3v) is 5.25. The van der Waals surface area contributed by atoms with E-state index in [1.165, 1.54) is 0 Å². The lowest BCUT2D eigenvalue weighted by Gasteiger charge is -2.23. The molecule has 1 heterocycles. The summed E-state index contributed by atoms with van der Waals surface area (Å²) in [5.74, 6) is 0.864. The van der Waals surface area contributed by atoms with Crippen molar-refractivity contribution in [3.8, 4) is 11.5 Å². The molecule has 2 atom stereocenters. The summed E-state index contributed by atoms with van der Waals surface area (Å²) in [6, 6.07) is 13.5. The van der Waals surface area contributed by atoms with E-state index in [0.29, 0.717) is 36.3 Å². The molecule has 30 heavy (non-hydrogen) atoms. The normalized spacial score (nSPS) is 18.3. The van der Waals surface area contributed by atoms with Gasteiger partial charge in [0.05, 0.1) is 19.3 Å². The minimum absolute atomic E-state index is 0.0387. The fourth-order valence-corrected chi connectivity index (χ4v) is 3.93. The number of ether oxygens (including phenoxy) is 2. The minimum Gasteiger partial charge on any atom is -0.493 e. The van der Waals surface area contributed by atoms with E-state index in [4.69, 9.17) is 13.9 Å². The summed E-state index contributed by atoms with van der Waals surface area (Å²) in [5.41, 5.74) is 1.99. The van der Waals surface area contributed by atoms with Crippen LogP contribution in [0, 0.1) is 0 Å². The highest BCUT2D eigenvalue weighted by molar-refractivity contribution is 6.00. The summed E-state index contributed by atoms with van der Waals surface area (Å²) in [5, 5.41) is 6.53. The number of hydrogen-bond acceptors (Lipinski definition) is 6. The molecule has 4 rings (SSSR count). The van der Waals surface area contributed by atoms with Crippen molar-refractivity contribution in [2.45, 2.75) is 45.2 Å². The fourth-order valence-electron chi connectivity index (χ4n) is 3.93. The molecule has 1 amide bonds. The van der Waals surface area contributed by atoms with Crippen LogP contribution in [0.5, 0.6) is 11.5 Å². The molecule has 0 saturated heterocycles. The molecule has 158 valence electrons. The molecule has 1 aromatic heterocycles. The Bertz CT molecular complexity index is 959. The number of carbonyl (C=O) groups excluding carboxylic acids is 1. The Kier molecular flexibility index (Phi) is 6.07. The Hall–Kier alpha value is -3.22. The summed E-state index contributed by atoms with van der Waals surface area (Å²) >= 11 is 0. The molecule has 0 aliphatic heterocycles. The molecule has 1 saturated carbocycles. The number of fused-ring (bicyclic) bond motifs is 1. The van der Waals surface area contributed by atoms with E-state index in [1.807, 2.05) is 44.2 Å². The molecule has 1 fully saturated rings. The van der Waals surface area contributed by atoms with Crippen LogP contribution >= 0.6 is 0 Å². The van der Waals surface area contributed by atoms with Crippen LogP contribution in [0.2, 0.25) is 0 Å². The lowest BCUT2D eigenvalue weighted by atomic mass is 10.1. The predicted molar refractivity (Wildman–Crippen MR) is 115 cm³/mol. The van der Waals surface area contributed by atoms with E-state index in [-0.39, 0.29) is 18.0 Å². The van der Waals surface area contributed by atoms with Gasteiger partial charge in [-0.1, -0.05) is 18.2 Å². The highest BCUT2D eigenvalue weighted by atomic mass is 16.5. The first kappa shape index (κ1) is 20.1. The average molecular weight is 409 g/mol. The number of benzene rings is 2. The van der Waals surface area contributed by atoms with E-state index in [0.717, 1.165) is 30.4 Å². The quantitative estimate of drug-likeness (QED) is 0.574. The summed E-state index contributed by atoms with van der Waals surface area (Å²) in [6.07, 6.45) is 2.81. The second kappa shape index (κ2) is 9.07. The number of para-hydroxylation sites is 2. The van der Waals surface area contributed by atoms with Crippen LogP contribution in [0.3, 0.4) is 0 Å². The number of nitrogens with zero attached hydrogens (tertiary/aromatic N) is 1. The van der Waals surface area contributed by atoms with Crippen molar-refractivity contribution in [3.05, 3.63) is 48.0 Å². The van der Waals surface area contributed by atoms with E-state index in [1.54, 1.807) is 12.1 Å². The first-order chi connectivity index (χ1) is 14.7. The van der Waals surface area contributed by atoms with E-state index in [2.05, 4.69) is 15.6 Å². The number of carbonyl (C=O) groups is 1. The number of hydrogen-bond donors (Lipinski definition) is 2. The largest absolute Gasteiger partial charge is 0.493 e. The van der Waals surface area contributed by atoms with Gasteiger partial charge in [-0.3, -0.25) is 4.79 Å². The first-order valence-electron chi connectivity index (χ1n) is 10.5. The molecular weight excluding hydrogens is 382 g/mol. The molecule has 2 aromatic carbocycles. The Labute approximate surface area is 175 Å². The molecule has 7 heteroatoms. The van der Waals surface area contributed by atoms with Crippen molar-refractivity contribution in [3.63, 3.8) is 0 Å². The van der Waals surface area contributed by atoms with E-state index < -0.39 is 0 Å². The van der Waals surface area contributed by atoms with Gasteiger partial charge >= 0.3 is 0 Å². The van der Waals surface area contributed by atoms with Gasteiger partial charge in [-0.2, -0.15) is 4.98 Å². The van der Waals surface area contributed by atoms with Crippen molar-refractivity contribution < 1.29 is 18.7 Å². The molecule has 0 radical (unpaired) electrons. The van der Waals surface area contributed by atoms with E-state index in [9.17, 15) is 4.79 Å². The SMILES string of the molecule is CCOc1cccc(OCC)c1C(=O)N[C@H]1CCC[C@H]1Nc1nc2ccccc2o1. The third-order valence-electron chi connectivity index (χ3n) is 5.25. The summed E-state index contributed by atoms with van der Waals surface area (Å²) in [4.78, 5) is 17.7. The van der Waals surface area contributed by atoms with Crippen molar-refractivity contribution in [1.82, 2.24) is 10.3 Å². The van der Waals surface area contributed by atoms with Gasteiger partial charge in [-0.05, 0) is 57.4 Å². The Morgan fingerprint density at radius 3 is 2.43 bits per heavy atom. The standard InChI is InChI=1S/C23H27N3O4/c1-3-28-19-13-8-14-20(29-4-2)21(19)22(27)24-15-10-7-11-16(15)25-23-26-17-9-5-6-12-18(17)30-23/h5-6,8-9,12-16H,3-4,7,10-11H2,1-2H3,(H,24,27)(H,25,26)/t15-,16+/m0/s1. The molecule has 0 spiro atoms. The van der Waals surface area contributed by atoms with Crippen molar-refractivity contribution in [2.75, 3.05) is 18.5 Å².